The molecule has 4 nitrogen and oxygen atoms in total. The number of hydrogen-bond donors (Lipinski definition) is 0. The van der Waals surface area contributed by atoms with Gasteiger partial charge in [0.05, 0.1) is 4.90 Å². The molecule has 0 atom stereocenters. The van der Waals surface area contributed by atoms with Gasteiger partial charge < -0.3 is 0 Å². The quantitative estimate of drug-likeness (QED) is 0.769. The minimum atomic E-state index is -3.50. The van der Waals surface area contributed by atoms with E-state index >= 15 is 0 Å². The first-order valence-corrected chi connectivity index (χ1v) is 7.05. The lowest BCUT2D eigenvalue weighted by Gasteiger charge is -2.16. The average Bonchev–Trinajstić information content (AvgIpc) is 2.82. The molecule has 0 bridgehead atoms. The summed E-state index contributed by atoms with van der Waals surface area (Å²) < 4.78 is 26.0. The highest BCUT2D eigenvalue weighted by Gasteiger charge is 2.28. The predicted molar refractivity (Wildman–Crippen MR) is 64.6 cm³/mol. The second kappa shape index (κ2) is 4.58. The number of nitrogens with zero attached hydrogens (tertiary/aromatic N) is 1. The summed E-state index contributed by atoms with van der Waals surface area (Å²) in [5, 5.41) is 0. The van der Waals surface area contributed by atoms with Gasteiger partial charge in [-0.1, -0.05) is 11.6 Å². The Morgan fingerprint density at radius 3 is 2.47 bits per heavy atom. The van der Waals surface area contributed by atoms with Gasteiger partial charge in [0.25, 0.3) is 0 Å². The standard InChI is InChI=1S/C12H15NO3S/c1-10-4-5-12(11(8-10)9-14)17(15,16)13-6-2-3-7-13/h4-5,8-9H,2-3,6-7H2,1H3. The van der Waals surface area contributed by atoms with Gasteiger partial charge in [0, 0.05) is 18.7 Å². The molecule has 5 heteroatoms. The third-order valence-corrected chi connectivity index (χ3v) is 4.95. The average molecular weight is 253 g/mol. The van der Waals surface area contributed by atoms with Crippen molar-refractivity contribution in [3.63, 3.8) is 0 Å². The van der Waals surface area contributed by atoms with Crippen molar-refractivity contribution in [2.75, 3.05) is 13.1 Å². The Balaban J connectivity index is 2.48. The van der Waals surface area contributed by atoms with E-state index in [4.69, 9.17) is 0 Å². The van der Waals surface area contributed by atoms with Crippen LogP contribution in [0.5, 0.6) is 0 Å². The van der Waals surface area contributed by atoms with Gasteiger partial charge >= 0.3 is 0 Å². The zero-order chi connectivity index (χ0) is 12.5. The summed E-state index contributed by atoms with van der Waals surface area (Å²) >= 11 is 0. The van der Waals surface area contributed by atoms with E-state index < -0.39 is 10.0 Å². The van der Waals surface area contributed by atoms with Gasteiger partial charge in [-0.15, -0.1) is 0 Å². The van der Waals surface area contributed by atoms with Crippen LogP contribution < -0.4 is 0 Å². The van der Waals surface area contributed by atoms with Crippen LogP contribution in [0.3, 0.4) is 0 Å². The number of aldehydes is 1. The first-order valence-electron chi connectivity index (χ1n) is 5.61. The van der Waals surface area contributed by atoms with Crippen molar-refractivity contribution in [2.45, 2.75) is 24.7 Å². The van der Waals surface area contributed by atoms with Crippen molar-refractivity contribution in [1.29, 1.82) is 0 Å². The van der Waals surface area contributed by atoms with E-state index in [1.54, 1.807) is 12.1 Å². The normalized spacial score (nSPS) is 17.2. The molecule has 0 spiro atoms. The summed E-state index contributed by atoms with van der Waals surface area (Å²) in [6.45, 7) is 2.93. The van der Waals surface area contributed by atoms with E-state index in [0.29, 0.717) is 19.4 Å². The Bertz CT molecular complexity index is 531. The minimum Gasteiger partial charge on any atom is -0.298 e. The van der Waals surface area contributed by atoms with Crippen LogP contribution in [0.25, 0.3) is 0 Å². The van der Waals surface area contributed by atoms with Crippen molar-refractivity contribution in [3.05, 3.63) is 29.3 Å². The van der Waals surface area contributed by atoms with Gasteiger partial charge in [-0.25, -0.2) is 8.42 Å². The molecule has 1 aromatic rings. The van der Waals surface area contributed by atoms with Crippen molar-refractivity contribution < 1.29 is 13.2 Å². The number of rotatable bonds is 3. The Hall–Kier alpha value is -1.20. The molecular weight excluding hydrogens is 238 g/mol. The molecule has 1 aliphatic rings. The highest BCUT2D eigenvalue weighted by molar-refractivity contribution is 7.89. The largest absolute Gasteiger partial charge is 0.298 e. The van der Waals surface area contributed by atoms with E-state index in [0.717, 1.165) is 18.4 Å². The molecule has 1 aromatic carbocycles. The predicted octanol–water partition coefficient (Wildman–Crippen LogP) is 1.59. The molecule has 0 amide bonds. The fourth-order valence-corrected chi connectivity index (χ4v) is 3.72. The number of sulfonamides is 1. The van der Waals surface area contributed by atoms with Crippen molar-refractivity contribution in [1.82, 2.24) is 4.31 Å². The molecule has 2 rings (SSSR count). The number of benzene rings is 1. The maximum absolute atomic E-state index is 12.3. The molecule has 17 heavy (non-hydrogen) atoms. The number of carbonyl (C=O) groups excluding carboxylic acids is 1. The monoisotopic (exact) mass is 253 g/mol. The lowest BCUT2D eigenvalue weighted by Crippen LogP contribution is -2.28. The van der Waals surface area contributed by atoms with Crippen molar-refractivity contribution >= 4 is 16.3 Å². The van der Waals surface area contributed by atoms with Crippen LogP contribution in [0.4, 0.5) is 0 Å². The SMILES string of the molecule is Cc1ccc(S(=O)(=O)N2CCCC2)c(C=O)c1. The smallest absolute Gasteiger partial charge is 0.243 e. The fourth-order valence-electron chi connectivity index (χ4n) is 2.06. The summed E-state index contributed by atoms with van der Waals surface area (Å²) in [6, 6.07) is 4.85. The summed E-state index contributed by atoms with van der Waals surface area (Å²) in [7, 11) is -3.50. The van der Waals surface area contributed by atoms with Gasteiger partial charge in [0.2, 0.25) is 10.0 Å². The highest BCUT2D eigenvalue weighted by Crippen LogP contribution is 2.23. The summed E-state index contributed by atoms with van der Waals surface area (Å²) in [6.07, 6.45) is 2.39. The zero-order valence-electron chi connectivity index (χ0n) is 9.72. The topological polar surface area (TPSA) is 54.5 Å². The molecule has 0 saturated carbocycles. The molecule has 0 radical (unpaired) electrons. The summed E-state index contributed by atoms with van der Waals surface area (Å²) in [5.74, 6) is 0. The van der Waals surface area contributed by atoms with Crippen LogP contribution in [0, 0.1) is 6.92 Å². The first-order chi connectivity index (χ1) is 8.05. The molecule has 0 unspecified atom stereocenters. The molecule has 1 aliphatic heterocycles. The van der Waals surface area contributed by atoms with Crippen LogP contribution in [-0.2, 0) is 10.0 Å². The second-order valence-electron chi connectivity index (χ2n) is 4.27. The molecule has 1 fully saturated rings. The van der Waals surface area contributed by atoms with Gasteiger partial charge in [0.15, 0.2) is 6.29 Å². The third-order valence-electron chi connectivity index (χ3n) is 2.98. The van der Waals surface area contributed by atoms with Gasteiger partial charge in [-0.2, -0.15) is 4.31 Å². The van der Waals surface area contributed by atoms with Crippen LogP contribution in [0.15, 0.2) is 23.1 Å². The fraction of sp³-hybridized carbons (Fsp3) is 0.417. The maximum atomic E-state index is 12.3. The zero-order valence-corrected chi connectivity index (χ0v) is 10.5. The van der Waals surface area contributed by atoms with Crippen LogP contribution in [0.1, 0.15) is 28.8 Å². The molecule has 0 N–H and O–H groups in total. The van der Waals surface area contributed by atoms with Crippen LogP contribution in [-0.4, -0.2) is 32.1 Å². The molecule has 1 saturated heterocycles. The maximum Gasteiger partial charge on any atom is 0.243 e. The van der Waals surface area contributed by atoms with E-state index in [9.17, 15) is 13.2 Å². The number of carbonyl (C=O) groups is 1. The number of hydrogen-bond acceptors (Lipinski definition) is 3. The Labute approximate surface area is 101 Å². The Kier molecular flexibility index (Phi) is 3.31. The summed E-state index contributed by atoms with van der Waals surface area (Å²) in [5.41, 5.74) is 1.13. The van der Waals surface area contributed by atoms with Crippen LogP contribution in [0.2, 0.25) is 0 Å². The van der Waals surface area contributed by atoms with Crippen molar-refractivity contribution in [2.24, 2.45) is 0 Å². The number of aryl methyl sites for hydroxylation is 1. The Morgan fingerprint density at radius 2 is 1.88 bits per heavy atom. The molecule has 1 heterocycles. The highest BCUT2D eigenvalue weighted by atomic mass is 32.2. The molecule has 0 aliphatic carbocycles. The minimum absolute atomic E-state index is 0.125. The van der Waals surface area contributed by atoms with E-state index in [-0.39, 0.29) is 10.5 Å². The molecular formula is C12H15NO3S. The molecule has 0 aromatic heterocycles. The van der Waals surface area contributed by atoms with Crippen molar-refractivity contribution in [3.8, 4) is 0 Å². The van der Waals surface area contributed by atoms with Gasteiger partial charge in [-0.3, -0.25) is 4.79 Å². The van der Waals surface area contributed by atoms with E-state index in [1.165, 1.54) is 10.4 Å². The second-order valence-corrected chi connectivity index (χ2v) is 6.18. The lowest BCUT2D eigenvalue weighted by atomic mass is 10.2. The van der Waals surface area contributed by atoms with Gasteiger partial charge in [-0.05, 0) is 31.9 Å². The Morgan fingerprint density at radius 1 is 1.24 bits per heavy atom. The first kappa shape index (κ1) is 12.3. The molecule has 92 valence electrons. The van der Waals surface area contributed by atoms with Gasteiger partial charge in [0.1, 0.15) is 0 Å². The summed E-state index contributed by atoms with van der Waals surface area (Å²) in [4.78, 5) is 11.1. The third kappa shape index (κ3) is 2.25. The van der Waals surface area contributed by atoms with E-state index in [1.807, 2.05) is 6.92 Å². The van der Waals surface area contributed by atoms with Crippen LogP contribution >= 0.6 is 0 Å². The lowest BCUT2D eigenvalue weighted by molar-refractivity contribution is 0.112. The van der Waals surface area contributed by atoms with E-state index in [2.05, 4.69) is 0 Å².